The van der Waals surface area contributed by atoms with Crippen LogP contribution in [0.25, 0.3) is 0 Å². The van der Waals surface area contributed by atoms with E-state index in [2.05, 4.69) is 69.3 Å². The minimum absolute atomic E-state index is 0.194. The zero-order valence-electron chi connectivity index (χ0n) is 20.8. The monoisotopic (exact) mass is 484 g/mol. The Morgan fingerprint density at radius 2 is 1.53 bits per heavy atom. The molecule has 2 fully saturated rings. The van der Waals surface area contributed by atoms with E-state index in [9.17, 15) is 10.2 Å². The molecule has 0 unspecified atom stereocenters. The maximum absolute atomic E-state index is 10.5. The van der Waals surface area contributed by atoms with Crippen LogP contribution in [0.1, 0.15) is 59.3 Å². The Morgan fingerprint density at radius 3 is 2.03 bits per heavy atom. The van der Waals surface area contributed by atoms with Crippen LogP contribution in [-0.2, 0) is 13.9 Å². The Labute approximate surface area is 205 Å². The molecule has 6 heteroatoms. The molecule has 2 N–H and O–H groups in total. The number of benzene rings is 2. The zero-order chi connectivity index (χ0) is 24.2. The molecule has 5 nitrogen and oxygen atoms in total. The molecule has 1 aliphatic heterocycles. The number of hydrogen-bond acceptors (Lipinski definition) is 5. The highest BCUT2D eigenvalue weighted by molar-refractivity contribution is 6.99. The Hall–Kier alpha value is -1.54. The van der Waals surface area contributed by atoms with E-state index in [0.29, 0.717) is 13.0 Å². The van der Waals surface area contributed by atoms with E-state index in [0.717, 1.165) is 25.7 Å². The van der Waals surface area contributed by atoms with Crippen LogP contribution in [0.4, 0.5) is 0 Å². The van der Waals surface area contributed by atoms with Crippen molar-refractivity contribution in [3.8, 4) is 0 Å². The summed E-state index contributed by atoms with van der Waals surface area (Å²) in [4.78, 5) is 0. The van der Waals surface area contributed by atoms with E-state index >= 15 is 0 Å². The SMILES string of the molecule is CC(C)(C)[Si](O[C@H](C[C@H](O)CO)[C@H]1COC2(CCCCC2)O1)(c1ccccc1)c1ccccc1. The summed E-state index contributed by atoms with van der Waals surface area (Å²) in [6, 6.07) is 21.0. The molecule has 3 atom stereocenters. The molecule has 0 amide bonds. The van der Waals surface area contributed by atoms with Crippen molar-refractivity contribution in [3.05, 3.63) is 60.7 Å². The second-order valence-electron chi connectivity index (χ2n) is 10.8. The van der Waals surface area contributed by atoms with Crippen molar-refractivity contribution >= 4 is 18.7 Å². The van der Waals surface area contributed by atoms with Crippen molar-refractivity contribution in [1.82, 2.24) is 0 Å². The van der Waals surface area contributed by atoms with Crippen molar-refractivity contribution in [1.29, 1.82) is 0 Å². The third kappa shape index (κ3) is 5.18. The summed E-state index contributed by atoms with van der Waals surface area (Å²) in [7, 11) is -2.85. The Kier molecular flexibility index (Phi) is 7.97. The summed E-state index contributed by atoms with van der Waals surface area (Å²) in [6.07, 6.45) is 3.94. The highest BCUT2D eigenvalue weighted by Crippen LogP contribution is 2.42. The predicted molar refractivity (Wildman–Crippen MR) is 137 cm³/mol. The van der Waals surface area contributed by atoms with E-state index in [4.69, 9.17) is 13.9 Å². The van der Waals surface area contributed by atoms with Gasteiger partial charge in [0, 0.05) is 19.3 Å². The van der Waals surface area contributed by atoms with E-state index in [1.807, 2.05) is 12.1 Å². The molecule has 1 heterocycles. The van der Waals surface area contributed by atoms with Crippen LogP contribution in [0.3, 0.4) is 0 Å². The fraction of sp³-hybridized carbons (Fsp3) is 0.571. The largest absolute Gasteiger partial charge is 0.402 e. The van der Waals surface area contributed by atoms with Crippen molar-refractivity contribution in [3.63, 3.8) is 0 Å². The fourth-order valence-corrected chi connectivity index (χ4v) is 10.4. The topological polar surface area (TPSA) is 68.2 Å². The second-order valence-corrected chi connectivity index (χ2v) is 15.1. The molecular formula is C28H40O5Si. The molecule has 0 bridgehead atoms. The van der Waals surface area contributed by atoms with Crippen LogP contribution in [0, 0.1) is 0 Å². The Bertz CT molecular complexity index is 853. The molecule has 1 saturated heterocycles. The molecule has 34 heavy (non-hydrogen) atoms. The van der Waals surface area contributed by atoms with Crippen LogP contribution in [0.2, 0.25) is 5.04 Å². The molecule has 1 spiro atoms. The minimum Gasteiger partial charge on any atom is -0.402 e. The number of aliphatic hydroxyl groups is 2. The predicted octanol–water partition coefficient (Wildman–Crippen LogP) is 3.75. The molecular weight excluding hydrogens is 444 g/mol. The van der Waals surface area contributed by atoms with Crippen molar-refractivity contribution in [2.75, 3.05) is 13.2 Å². The number of hydrogen-bond donors (Lipinski definition) is 2. The van der Waals surface area contributed by atoms with Gasteiger partial charge in [-0.15, -0.1) is 0 Å². The van der Waals surface area contributed by atoms with Gasteiger partial charge in [-0.2, -0.15) is 0 Å². The molecule has 2 aromatic rings. The van der Waals surface area contributed by atoms with Crippen molar-refractivity contribution in [2.45, 2.75) is 88.4 Å². The Balaban J connectivity index is 1.76. The number of aliphatic hydroxyl groups excluding tert-OH is 2. The van der Waals surface area contributed by atoms with Gasteiger partial charge in [-0.25, -0.2) is 0 Å². The molecule has 2 aromatic carbocycles. The van der Waals surface area contributed by atoms with Gasteiger partial charge in [0.1, 0.15) is 6.10 Å². The summed E-state index contributed by atoms with van der Waals surface area (Å²) < 4.78 is 20.2. The summed E-state index contributed by atoms with van der Waals surface area (Å²) >= 11 is 0. The van der Waals surface area contributed by atoms with Gasteiger partial charge >= 0.3 is 0 Å². The van der Waals surface area contributed by atoms with Crippen molar-refractivity contribution < 1.29 is 24.1 Å². The first kappa shape index (κ1) is 25.5. The third-order valence-electron chi connectivity index (χ3n) is 7.37. The lowest BCUT2D eigenvalue weighted by atomic mass is 9.94. The fourth-order valence-electron chi connectivity index (χ4n) is 5.65. The van der Waals surface area contributed by atoms with Gasteiger partial charge in [-0.3, -0.25) is 0 Å². The lowest BCUT2D eigenvalue weighted by molar-refractivity contribution is -0.196. The lowest BCUT2D eigenvalue weighted by Gasteiger charge is -2.46. The van der Waals surface area contributed by atoms with Gasteiger partial charge in [0.15, 0.2) is 5.79 Å². The van der Waals surface area contributed by atoms with Gasteiger partial charge in [-0.05, 0) is 28.3 Å². The highest BCUT2D eigenvalue weighted by Gasteiger charge is 2.54. The summed E-state index contributed by atoms with van der Waals surface area (Å²) in [5, 5.41) is 22.4. The molecule has 0 aromatic heterocycles. The molecule has 1 aliphatic carbocycles. The summed E-state index contributed by atoms with van der Waals surface area (Å²) in [6.45, 7) is 6.87. The van der Waals surface area contributed by atoms with E-state index in [-0.39, 0.29) is 17.7 Å². The lowest BCUT2D eigenvalue weighted by Crippen LogP contribution is -2.68. The van der Waals surface area contributed by atoms with Crippen LogP contribution in [-0.4, -0.2) is 55.8 Å². The molecule has 0 radical (unpaired) electrons. The smallest absolute Gasteiger partial charge is 0.261 e. The van der Waals surface area contributed by atoms with Gasteiger partial charge in [0.05, 0.1) is 25.4 Å². The Morgan fingerprint density at radius 1 is 0.971 bits per heavy atom. The first-order chi connectivity index (χ1) is 16.3. The highest BCUT2D eigenvalue weighted by atomic mass is 28.4. The average molecular weight is 485 g/mol. The zero-order valence-corrected chi connectivity index (χ0v) is 21.8. The van der Waals surface area contributed by atoms with Crippen molar-refractivity contribution in [2.24, 2.45) is 0 Å². The first-order valence-electron chi connectivity index (χ1n) is 12.7. The second kappa shape index (κ2) is 10.6. The normalized spacial score (nSPS) is 22.6. The molecule has 1 saturated carbocycles. The van der Waals surface area contributed by atoms with Crippen LogP contribution >= 0.6 is 0 Å². The minimum atomic E-state index is -2.85. The third-order valence-corrected chi connectivity index (χ3v) is 12.4. The van der Waals surface area contributed by atoms with Gasteiger partial charge in [-0.1, -0.05) is 87.9 Å². The average Bonchev–Trinajstić information content (AvgIpc) is 3.25. The van der Waals surface area contributed by atoms with Gasteiger partial charge < -0.3 is 24.1 Å². The maximum atomic E-state index is 10.5. The summed E-state index contributed by atoms with van der Waals surface area (Å²) in [5.41, 5.74) is 0. The van der Waals surface area contributed by atoms with E-state index in [1.54, 1.807) is 0 Å². The standard InChI is InChI=1S/C28H40O5Si/c1-27(2,3)34(23-13-7-4-8-14-23,24-15-9-5-10-16-24)33-25(19-22(30)20-29)26-21-31-28(32-26)17-11-6-12-18-28/h4-5,7-10,13-16,22,25-26,29-30H,6,11-12,17-21H2,1-3H3/t22-,25+,26+/m0/s1. The first-order valence-corrected chi connectivity index (χ1v) is 14.6. The molecule has 186 valence electrons. The van der Waals surface area contributed by atoms with Crippen LogP contribution in [0.15, 0.2) is 60.7 Å². The number of ether oxygens (including phenoxy) is 2. The number of rotatable bonds is 8. The quantitative estimate of drug-likeness (QED) is 0.559. The summed E-state index contributed by atoms with van der Waals surface area (Å²) in [5.74, 6) is -0.528. The van der Waals surface area contributed by atoms with Gasteiger partial charge in [0.25, 0.3) is 8.32 Å². The maximum Gasteiger partial charge on any atom is 0.261 e. The van der Waals surface area contributed by atoms with E-state index < -0.39 is 26.3 Å². The molecule has 4 rings (SSSR count). The van der Waals surface area contributed by atoms with Crippen LogP contribution in [0.5, 0.6) is 0 Å². The van der Waals surface area contributed by atoms with Gasteiger partial charge in [0.2, 0.25) is 0 Å². The van der Waals surface area contributed by atoms with Crippen LogP contribution < -0.4 is 10.4 Å². The molecule has 2 aliphatic rings. The van der Waals surface area contributed by atoms with E-state index in [1.165, 1.54) is 16.8 Å².